The number of carbonyl (C=O) groups is 4. The topological polar surface area (TPSA) is 187 Å². The summed E-state index contributed by atoms with van der Waals surface area (Å²) in [5, 5.41) is 28.3. The second-order valence-corrected chi connectivity index (χ2v) is 21.5. The zero-order chi connectivity index (χ0) is 51.6. The van der Waals surface area contributed by atoms with Gasteiger partial charge in [-0.3, -0.25) is 24.1 Å². The van der Waals surface area contributed by atoms with Crippen molar-refractivity contribution in [1.29, 1.82) is 0 Å². The first-order valence-electron chi connectivity index (χ1n) is 24.5. The lowest BCUT2D eigenvalue weighted by atomic mass is 9.90. The van der Waals surface area contributed by atoms with Crippen LogP contribution in [0, 0.1) is 12.8 Å². The maximum atomic E-state index is 14.9. The maximum Gasteiger partial charge on any atom is 0.254 e. The minimum atomic E-state index is -1.23. The Morgan fingerprint density at radius 2 is 1.55 bits per heavy atom. The Balaban J connectivity index is 0.864. The first kappa shape index (κ1) is 51.8. The van der Waals surface area contributed by atoms with E-state index in [9.17, 15) is 29.4 Å². The van der Waals surface area contributed by atoms with Crippen molar-refractivity contribution < 1.29 is 38.9 Å². The van der Waals surface area contributed by atoms with Gasteiger partial charge in [-0.05, 0) is 77.4 Å². The molecular weight excluding hydrogens is 986 g/mol. The monoisotopic (exact) mass is 1050 g/mol. The molecule has 2 fully saturated rings. The summed E-state index contributed by atoms with van der Waals surface area (Å²) < 4.78 is 12.1. The number of rotatable bonds is 17. The number of amides is 4. The summed E-state index contributed by atoms with van der Waals surface area (Å²) >= 11 is 9.59. The van der Waals surface area contributed by atoms with E-state index >= 15 is 0 Å². The highest BCUT2D eigenvalue weighted by atomic mass is 35.5. The van der Waals surface area contributed by atoms with Gasteiger partial charge in [0.25, 0.3) is 5.91 Å². The molecule has 0 radical (unpaired) electrons. The molecule has 382 valence electrons. The number of hydrogen-bond acceptors (Lipinski definition) is 13. The fraction of sp³-hybridized carbons (Fsp3) is 0.382. The van der Waals surface area contributed by atoms with Crippen molar-refractivity contribution in [3.8, 4) is 26.6 Å². The lowest BCUT2D eigenvalue weighted by Gasteiger charge is -2.38. The van der Waals surface area contributed by atoms with Crippen LogP contribution in [0.15, 0.2) is 102 Å². The van der Waals surface area contributed by atoms with Gasteiger partial charge in [0.05, 0.1) is 64.1 Å². The van der Waals surface area contributed by atoms with Gasteiger partial charge in [-0.2, -0.15) is 0 Å². The molecule has 5 heterocycles. The number of aliphatic hydroxyl groups is 2. The number of thiazole rings is 2. The molecule has 73 heavy (non-hydrogen) atoms. The van der Waals surface area contributed by atoms with E-state index in [0.717, 1.165) is 48.8 Å². The van der Waals surface area contributed by atoms with Crippen LogP contribution in [-0.2, 0) is 45.4 Å². The second-order valence-electron chi connectivity index (χ2n) is 19.3. The summed E-state index contributed by atoms with van der Waals surface area (Å²) in [5.74, 6) is -0.957. The molecule has 15 nitrogen and oxygen atoms in total. The smallest absolute Gasteiger partial charge is 0.254 e. The number of carbonyl (C=O) groups excluding carboxylic acids is 4. The molecule has 6 aromatic rings. The fourth-order valence-electron chi connectivity index (χ4n) is 10.5. The number of hydrogen-bond donors (Lipinski definition) is 4. The number of ether oxygens (including phenoxy) is 2. The van der Waals surface area contributed by atoms with Gasteiger partial charge in [-0.15, -0.1) is 22.7 Å². The van der Waals surface area contributed by atoms with Gasteiger partial charge in [0.2, 0.25) is 17.7 Å². The number of β-amino-alcohol motifs (C(OH)–C–C–N with tert-alkyl or cyclic N) is 2. The number of fused-ring (bicyclic) bond motifs is 1. The number of nitrogens with zero attached hydrogens (tertiary/aromatic N) is 5. The van der Waals surface area contributed by atoms with E-state index in [-0.39, 0.29) is 75.2 Å². The predicted octanol–water partition coefficient (Wildman–Crippen LogP) is 7.91. The van der Waals surface area contributed by atoms with Crippen molar-refractivity contribution >= 4 is 57.9 Å². The molecule has 2 saturated heterocycles. The standard InChI is InChI=1S/C55H60ClN7O8S2/c1-6-55(23-42(65)28-63(55)51(67)38-8-7-9-43(21-38)70-5)54(69)58-25-35-12-16-37(17-13-35)49-45(60-31-73-49)29-71-53-44-19-18-40(56)20-39(44)26-62(53)47(32(2)3)52(68)61-27-41(64)22-46(61)50(66)57-24-34-10-14-36(15-11-34)48-33(4)59-30-72-48/h7-21,30-32,41-42,46-47,53,64-65H,6,22-29H2,1-5H3,(H,57,66)(H,58,69)/t41-,42-,46+,47+,53?,55?/m1/s1. The fourth-order valence-corrected chi connectivity index (χ4v) is 12.3. The molecule has 4 amide bonds. The van der Waals surface area contributed by atoms with E-state index in [4.69, 9.17) is 26.1 Å². The molecule has 0 saturated carbocycles. The molecule has 2 aromatic heterocycles. The zero-order valence-electron chi connectivity index (χ0n) is 41.4. The number of halogens is 1. The normalized spacial score (nSPS) is 21.1. The van der Waals surface area contributed by atoms with Gasteiger partial charge in [-0.1, -0.05) is 93.0 Å². The van der Waals surface area contributed by atoms with Crippen LogP contribution in [0.4, 0.5) is 0 Å². The van der Waals surface area contributed by atoms with Crippen LogP contribution < -0.4 is 15.4 Å². The van der Waals surface area contributed by atoms with E-state index in [2.05, 4.69) is 15.6 Å². The van der Waals surface area contributed by atoms with E-state index in [1.807, 2.05) is 105 Å². The number of aromatic nitrogens is 2. The highest BCUT2D eigenvalue weighted by molar-refractivity contribution is 7.13. The van der Waals surface area contributed by atoms with E-state index in [1.54, 1.807) is 41.1 Å². The summed E-state index contributed by atoms with van der Waals surface area (Å²) in [7, 11) is 1.53. The highest BCUT2D eigenvalue weighted by Crippen LogP contribution is 2.42. The van der Waals surface area contributed by atoms with Crippen LogP contribution in [0.3, 0.4) is 0 Å². The Kier molecular flexibility index (Phi) is 15.8. The number of aryl methyl sites for hydroxylation is 1. The van der Waals surface area contributed by atoms with E-state index in [0.29, 0.717) is 35.0 Å². The number of nitrogens with one attached hydrogen (secondary N) is 2. The molecule has 3 aliphatic rings. The average molecular weight is 1050 g/mol. The van der Waals surface area contributed by atoms with Crippen molar-refractivity contribution in [2.75, 3.05) is 20.2 Å². The first-order chi connectivity index (χ1) is 35.2. The molecule has 2 unspecified atom stereocenters. The predicted molar refractivity (Wildman–Crippen MR) is 280 cm³/mol. The number of aliphatic hydroxyl groups excluding tert-OH is 2. The van der Waals surface area contributed by atoms with Crippen LogP contribution in [0.1, 0.15) is 90.3 Å². The lowest BCUT2D eigenvalue weighted by molar-refractivity contribution is -0.153. The summed E-state index contributed by atoms with van der Waals surface area (Å²) in [6.07, 6.45) is -1.79. The van der Waals surface area contributed by atoms with Gasteiger partial charge in [0, 0.05) is 61.7 Å². The first-order valence-corrected chi connectivity index (χ1v) is 26.7. The van der Waals surface area contributed by atoms with Crippen molar-refractivity contribution in [2.24, 2.45) is 5.92 Å². The van der Waals surface area contributed by atoms with Gasteiger partial charge in [0.15, 0.2) is 0 Å². The molecule has 4 N–H and O–H groups in total. The van der Waals surface area contributed by atoms with Crippen molar-refractivity contribution in [2.45, 2.75) is 109 Å². The largest absolute Gasteiger partial charge is 0.497 e. The number of likely N-dealkylation sites (tertiary alicyclic amines) is 2. The Morgan fingerprint density at radius 1 is 0.863 bits per heavy atom. The lowest BCUT2D eigenvalue weighted by Crippen LogP contribution is -2.56. The Bertz CT molecular complexity index is 2970. The van der Waals surface area contributed by atoms with Crippen LogP contribution in [0.25, 0.3) is 20.9 Å². The van der Waals surface area contributed by atoms with E-state index < -0.39 is 36.1 Å². The summed E-state index contributed by atoms with van der Waals surface area (Å²) in [5.41, 5.74) is 9.93. The molecular formula is C55H60ClN7O8S2. The molecule has 0 aliphatic carbocycles. The third-order valence-corrected chi connectivity index (χ3v) is 16.4. The minimum Gasteiger partial charge on any atom is -0.497 e. The quantitative estimate of drug-likeness (QED) is 0.0696. The Morgan fingerprint density at radius 3 is 2.22 bits per heavy atom. The third-order valence-electron chi connectivity index (χ3n) is 14.3. The SMILES string of the molecule is CCC1(C(=O)NCc2ccc(-c3scnc3COC3c4ccc(Cl)cc4CN3[C@H](C(=O)N3C[C@H](O)C[C@H]3C(=O)NCc3ccc(-c4scnc4C)cc3)C(C)C)cc2)C[C@@H](O)CN1C(=O)c1cccc(OC)c1. The number of methoxy groups -OCH3 is 1. The molecule has 6 atom stereocenters. The zero-order valence-corrected chi connectivity index (χ0v) is 43.8. The molecule has 18 heteroatoms. The van der Waals surface area contributed by atoms with E-state index in [1.165, 1.54) is 28.2 Å². The van der Waals surface area contributed by atoms with Crippen LogP contribution in [-0.4, -0.2) is 109 Å². The highest BCUT2D eigenvalue weighted by Gasteiger charge is 2.52. The maximum absolute atomic E-state index is 14.9. The molecule has 0 bridgehead atoms. The van der Waals surface area contributed by atoms with Gasteiger partial charge in [0.1, 0.15) is 23.6 Å². The molecule has 9 rings (SSSR count). The average Bonchev–Trinajstić information content (AvgIpc) is 4.25. The van der Waals surface area contributed by atoms with Crippen LogP contribution >= 0.6 is 34.3 Å². The van der Waals surface area contributed by atoms with Crippen LogP contribution in [0.2, 0.25) is 5.02 Å². The van der Waals surface area contributed by atoms with Crippen molar-refractivity contribution in [3.05, 3.63) is 146 Å². The molecule has 4 aromatic carbocycles. The summed E-state index contributed by atoms with van der Waals surface area (Å²) in [6, 6.07) is 26.6. The third kappa shape index (κ3) is 10.8. The van der Waals surface area contributed by atoms with Crippen molar-refractivity contribution in [3.63, 3.8) is 0 Å². The van der Waals surface area contributed by atoms with Crippen molar-refractivity contribution in [1.82, 2.24) is 35.3 Å². The molecule has 0 spiro atoms. The van der Waals surface area contributed by atoms with Gasteiger partial charge < -0.3 is 40.1 Å². The summed E-state index contributed by atoms with van der Waals surface area (Å²) in [4.78, 5) is 72.7. The number of benzene rings is 4. The minimum absolute atomic E-state index is 0.0306. The second kappa shape index (κ2) is 22.2. The Hall–Kier alpha value is -6.05. The van der Waals surface area contributed by atoms with Gasteiger partial charge in [-0.25, -0.2) is 9.97 Å². The summed E-state index contributed by atoms with van der Waals surface area (Å²) in [6.45, 7) is 8.81. The Labute approximate surface area is 438 Å². The molecule has 3 aliphatic heterocycles. The van der Waals surface area contributed by atoms with Gasteiger partial charge >= 0.3 is 0 Å². The van der Waals surface area contributed by atoms with Crippen LogP contribution in [0.5, 0.6) is 5.75 Å².